The molecule has 19 heavy (non-hydrogen) atoms. The van der Waals surface area contributed by atoms with Crippen LogP contribution in [0.3, 0.4) is 0 Å². The summed E-state index contributed by atoms with van der Waals surface area (Å²) in [5.41, 5.74) is 8.61. The third-order valence-corrected chi connectivity index (χ3v) is 3.00. The molecule has 1 aromatic rings. The largest absolute Gasteiger partial charge is 0.379 e. The van der Waals surface area contributed by atoms with Crippen LogP contribution in [0.15, 0.2) is 12.1 Å². The first-order chi connectivity index (χ1) is 9.11. The molecule has 1 heterocycles. The Morgan fingerprint density at radius 1 is 1.16 bits per heavy atom. The summed E-state index contributed by atoms with van der Waals surface area (Å²) < 4.78 is 44.9. The number of nitrogens with zero attached hydrogens (tertiary/aromatic N) is 1. The molecular weight excluding hydrogens is 259 g/mol. The summed E-state index contributed by atoms with van der Waals surface area (Å²) in [7, 11) is 0. The molecule has 3 N–H and O–H groups in total. The number of hydrogen-bond acceptors (Lipinski definition) is 4. The molecule has 7 heteroatoms. The second kappa shape index (κ2) is 6.33. The number of morpholine rings is 1. The fourth-order valence-corrected chi connectivity index (χ4v) is 1.97. The van der Waals surface area contributed by atoms with Gasteiger partial charge in [-0.2, -0.15) is 0 Å². The van der Waals surface area contributed by atoms with Crippen LogP contribution in [0, 0.1) is 17.5 Å². The van der Waals surface area contributed by atoms with Gasteiger partial charge in [0.15, 0.2) is 11.6 Å². The Bertz CT molecular complexity index is 438. The Labute approximate surface area is 109 Å². The van der Waals surface area contributed by atoms with Crippen molar-refractivity contribution in [2.24, 2.45) is 5.73 Å². The van der Waals surface area contributed by atoms with Crippen LogP contribution in [-0.4, -0.2) is 37.9 Å². The Balaban J connectivity index is 2.14. The van der Waals surface area contributed by atoms with Crippen LogP contribution < -0.4 is 11.2 Å². The number of benzene rings is 1. The first-order valence-corrected chi connectivity index (χ1v) is 6.05. The van der Waals surface area contributed by atoms with E-state index in [1.807, 2.05) is 5.01 Å². The summed E-state index contributed by atoms with van der Waals surface area (Å²) in [5, 5.41) is 1.84. The van der Waals surface area contributed by atoms with Crippen molar-refractivity contribution in [2.75, 3.05) is 32.8 Å². The summed E-state index contributed by atoms with van der Waals surface area (Å²) in [5.74, 6) is -3.10. The third-order valence-electron chi connectivity index (χ3n) is 3.00. The van der Waals surface area contributed by atoms with Crippen LogP contribution in [0.5, 0.6) is 0 Å². The van der Waals surface area contributed by atoms with E-state index in [1.165, 1.54) is 0 Å². The highest BCUT2D eigenvalue weighted by Gasteiger charge is 2.21. The van der Waals surface area contributed by atoms with Crippen molar-refractivity contribution in [1.82, 2.24) is 10.4 Å². The number of halogens is 3. The molecule has 1 fully saturated rings. The number of nitrogens with two attached hydrogens (primary N) is 1. The van der Waals surface area contributed by atoms with Crippen molar-refractivity contribution in [3.63, 3.8) is 0 Å². The lowest BCUT2D eigenvalue weighted by atomic mass is 10.1. The summed E-state index contributed by atoms with van der Waals surface area (Å²) in [6.07, 6.45) is 0. The van der Waals surface area contributed by atoms with Crippen LogP contribution in [0.2, 0.25) is 0 Å². The maximum absolute atomic E-state index is 13.7. The van der Waals surface area contributed by atoms with Crippen molar-refractivity contribution in [2.45, 2.75) is 6.04 Å². The van der Waals surface area contributed by atoms with Crippen LogP contribution in [0.4, 0.5) is 13.2 Å². The Morgan fingerprint density at radius 2 is 1.79 bits per heavy atom. The van der Waals surface area contributed by atoms with Crippen LogP contribution in [0.1, 0.15) is 11.6 Å². The standard InChI is InChI=1S/C12H16F3N3O/c13-9-6-11(15)10(14)5-8(9)12(7-16)17-18-1-3-19-4-2-18/h5-6,12,17H,1-4,7,16H2. The fraction of sp³-hybridized carbons (Fsp3) is 0.500. The number of hydrogen-bond donors (Lipinski definition) is 2. The van der Waals surface area contributed by atoms with Crippen molar-refractivity contribution in [3.05, 3.63) is 35.1 Å². The van der Waals surface area contributed by atoms with Gasteiger partial charge in [-0.25, -0.2) is 23.6 Å². The highest BCUT2D eigenvalue weighted by atomic mass is 19.2. The molecule has 1 aliphatic rings. The number of nitrogens with one attached hydrogen (secondary N) is 1. The topological polar surface area (TPSA) is 50.5 Å². The smallest absolute Gasteiger partial charge is 0.161 e. The Hall–Kier alpha value is -1.15. The second-order valence-corrected chi connectivity index (χ2v) is 4.30. The van der Waals surface area contributed by atoms with E-state index in [4.69, 9.17) is 10.5 Å². The van der Waals surface area contributed by atoms with Gasteiger partial charge in [-0.1, -0.05) is 0 Å². The molecule has 1 atom stereocenters. The summed E-state index contributed by atoms with van der Waals surface area (Å²) in [6, 6.07) is 0.775. The van der Waals surface area contributed by atoms with Crippen molar-refractivity contribution in [1.29, 1.82) is 0 Å². The molecule has 1 saturated heterocycles. The van der Waals surface area contributed by atoms with E-state index in [-0.39, 0.29) is 12.1 Å². The molecule has 0 aromatic heterocycles. The average Bonchev–Trinajstić information content (AvgIpc) is 2.42. The molecule has 0 aliphatic carbocycles. The molecule has 0 spiro atoms. The number of rotatable bonds is 4. The summed E-state index contributed by atoms with van der Waals surface area (Å²) >= 11 is 0. The predicted octanol–water partition coefficient (Wildman–Crippen LogP) is 0.940. The fourth-order valence-electron chi connectivity index (χ4n) is 1.97. The van der Waals surface area contributed by atoms with Gasteiger partial charge in [0.25, 0.3) is 0 Å². The van der Waals surface area contributed by atoms with Gasteiger partial charge < -0.3 is 10.5 Å². The van der Waals surface area contributed by atoms with Crippen molar-refractivity contribution in [3.8, 4) is 0 Å². The summed E-state index contributed by atoms with van der Waals surface area (Å²) in [4.78, 5) is 0. The van der Waals surface area contributed by atoms with Gasteiger partial charge >= 0.3 is 0 Å². The normalized spacial score (nSPS) is 18.5. The molecule has 1 aromatic carbocycles. The highest BCUT2D eigenvalue weighted by molar-refractivity contribution is 5.23. The van der Waals surface area contributed by atoms with E-state index in [2.05, 4.69) is 5.43 Å². The van der Waals surface area contributed by atoms with E-state index >= 15 is 0 Å². The lowest BCUT2D eigenvalue weighted by Crippen LogP contribution is -2.48. The third kappa shape index (κ3) is 3.44. The van der Waals surface area contributed by atoms with Gasteiger partial charge in [-0.15, -0.1) is 0 Å². The lowest BCUT2D eigenvalue weighted by molar-refractivity contribution is 0.00375. The van der Waals surface area contributed by atoms with E-state index in [1.54, 1.807) is 0 Å². The quantitative estimate of drug-likeness (QED) is 0.803. The Kier molecular flexibility index (Phi) is 4.76. The summed E-state index contributed by atoms with van der Waals surface area (Å²) in [6.45, 7) is 2.44. The van der Waals surface area contributed by atoms with Gasteiger partial charge in [0.05, 0.1) is 19.3 Å². The zero-order valence-corrected chi connectivity index (χ0v) is 10.3. The van der Waals surface area contributed by atoms with E-state index in [0.29, 0.717) is 32.4 Å². The minimum absolute atomic E-state index is 0.0212. The zero-order chi connectivity index (χ0) is 13.8. The highest BCUT2D eigenvalue weighted by Crippen LogP contribution is 2.20. The molecule has 0 amide bonds. The SMILES string of the molecule is NCC(NN1CCOCC1)c1cc(F)c(F)cc1F. The molecule has 0 saturated carbocycles. The second-order valence-electron chi connectivity index (χ2n) is 4.30. The van der Waals surface area contributed by atoms with Gasteiger partial charge in [-0.3, -0.25) is 0 Å². The van der Waals surface area contributed by atoms with E-state index in [0.717, 1.165) is 6.07 Å². The van der Waals surface area contributed by atoms with Crippen LogP contribution in [0.25, 0.3) is 0 Å². The lowest BCUT2D eigenvalue weighted by Gasteiger charge is -2.31. The molecule has 1 unspecified atom stereocenters. The van der Waals surface area contributed by atoms with Gasteiger partial charge in [0.2, 0.25) is 0 Å². The van der Waals surface area contributed by atoms with Crippen LogP contribution >= 0.6 is 0 Å². The first kappa shape index (κ1) is 14.3. The van der Waals surface area contributed by atoms with Gasteiger partial charge in [0, 0.05) is 31.3 Å². The monoisotopic (exact) mass is 275 g/mol. The van der Waals surface area contributed by atoms with Crippen LogP contribution in [-0.2, 0) is 4.74 Å². The minimum Gasteiger partial charge on any atom is -0.379 e. The molecule has 0 radical (unpaired) electrons. The predicted molar refractivity (Wildman–Crippen MR) is 63.6 cm³/mol. The van der Waals surface area contributed by atoms with Gasteiger partial charge in [-0.05, 0) is 6.07 Å². The average molecular weight is 275 g/mol. The molecule has 4 nitrogen and oxygen atoms in total. The molecule has 0 bridgehead atoms. The first-order valence-electron chi connectivity index (χ1n) is 6.05. The maximum atomic E-state index is 13.7. The van der Waals surface area contributed by atoms with Gasteiger partial charge in [0.1, 0.15) is 5.82 Å². The van der Waals surface area contributed by atoms with E-state index in [9.17, 15) is 13.2 Å². The molecule has 106 valence electrons. The van der Waals surface area contributed by atoms with Crippen molar-refractivity contribution < 1.29 is 17.9 Å². The maximum Gasteiger partial charge on any atom is 0.161 e. The number of hydrazine groups is 1. The zero-order valence-electron chi connectivity index (χ0n) is 10.3. The van der Waals surface area contributed by atoms with E-state index < -0.39 is 23.5 Å². The molecular formula is C12H16F3N3O. The minimum atomic E-state index is -1.21. The Morgan fingerprint density at radius 3 is 2.42 bits per heavy atom. The number of ether oxygens (including phenoxy) is 1. The van der Waals surface area contributed by atoms with Crippen molar-refractivity contribution >= 4 is 0 Å². The molecule has 2 rings (SSSR count). The molecule has 1 aliphatic heterocycles.